The minimum atomic E-state index is -1.56. The van der Waals surface area contributed by atoms with Gasteiger partial charge in [-0.25, -0.2) is 4.79 Å². The average Bonchev–Trinajstić information content (AvgIpc) is 1.95. The van der Waals surface area contributed by atoms with Crippen LogP contribution in [0.4, 0.5) is 0 Å². The predicted octanol–water partition coefficient (Wildman–Crippen LogP) is 1.79. The molecule has 3 nitrogen and oxygen atoms in total. The Labute approximate surface area is 75.2 Å². The normalized spacial score (nSPS) is 11.3. The molecular weight excluding hydrogens is 172 g/mol. The van der Waals surface area contributed by atoms with Gasteiger partial charge < -0.3 is 9.16 Å². The topological polar surface area (TPSA) is 35.5 Å². The molecule has 0 unspecified atom stereocenters. The largest absolute Gasteiger partial charge is 0.464 e. The number of rotatable bonds is 5. The molecule has 12 heavy (non-hydrogen) atoms. The van der Waals surface area contributed by atoms with Gasteiger partial charge in [-0.15, -0.1) is 0 Å². The molecule has 0 aromatic heterocycles. The standard InChI is InChI=1S/C8H18O3Si/c1-5-6-10-8(9)7-11-12(2,3)4/h5-7H2,1-4H3. The minimum absolute atomic E-state index is 0.107. The van der Waals surface area contributed by atoms with Crippen molar-refractivity contribution in [3.8, 4) is 0 Å². The summed E-state index contributed by atoms with van der Waals surface area (Å²) in [7, 11) is -1.56. The highest BCUT2D eigenvalue weighted by atomic mass is 28.4. The van der Waals surface area contributed by atoms with Crippen LogP contribution >= 0.6 is 0 Å². The van der Waals surface area contributed by atoms with Crippen molar-refractivity contribution >= 4 is 14.3 Å². The second-order valence-corrected chi connectivity index (χ2v) is 8.13. The highest BCUT2D eigenvalue weighted by Crippen LogP contribution is 2.01. The Hall–Kier alpha value is -0.353. The van der Waals surface area contributed by atoms with Crippen LogP contribution in [0, 0.1) is 0 Å². The Morgan fingerprint density at radius 3 is 2.33 bits per heavy atom. The summed E-state index contributed by atoms with van der Waals surface area (Å²) in [5.41, 5.74) is 0. The summed E-state index contributed by atoms with van der Waals surface area (Å²) < 4.78 is 10.2. The van der Waals surface area contributed by atoms with Crippen LogP contribution in [0.3, 0.4) is 0 Å². The molecule has 0 N–H and O–H groups in total. The van der Waals surface area contributed by atoms with E-state index in [-0.39, 0.29) is 12.6 Å². The van der Waals surface area contributed by atoms with Crippen molar-refractivity contribution in [1.29, 1.82) is 0 Å². The first-order chi connectivity index (χ1) is 5.45. The van der Waals surface area contributed by atoms with Gasteiger partial charge in [0.25, 0.3) is 0 Å². The van der Waals surface area contributed by atoms with Crippen molar-refractivity contribution in [1.82, 2.24) is 0 Å². The number of ether oxygens (including phenoxy) is 1. The van der Waals surface area contributed by atoms with Crippen molar-refractivity contribution in [2.75, 3.05) is 13.2 Å². The summed E-state index contributed by atoms with van der Waals surface area (Å²) in [5.74, 6) is -0.251. The molecule has 0 aliphatic heterocycles. The molecule has 4 heteroatoms. The molecule has 0 saturated carbocycles. The maximum Gasteiger partial charge on any atom is 0.330 e. The lowest BCUT2D eigenvalue weighted by molar-refractivity contribution is -0.146. The van der Waals surface area contributed by atoms with Crippen molar-refractivity contribution < 1.29 is 14.0 Å². The van der Waals surface area contributed by atoms with E-state index in [1.807, 2.05) is 26.6 Å². The summed E-state index contributed by atoms with van der Waals surface area (Å²) in [6.45, 7) is 8.69. The van der Waals surface area contributed by atoms with Gasteiger partial charge in [-0.3, -0.25) is 0 Å². The molecule has 0 radical (unpaired) electrons. The number of carbonyl (C=O) groups is 1. The van der Waals surface area contributed by atoms with Gasteiger partial charge in [0.15, 0.2) is 8.32 Å². The van der Waals surface area contributed by atoms with Gasteiger partial charge in [0.05, 0.1) is 6.61 Å². The maximum absolute atomic E-state index is 10.9. The molecular formula is C8H18O3Si. The lowest BCUT2D eigenvalue weighted by Gasteiger charge is -2.15. The Bertz CT molecular complexity index is 140. The molecule has 0 saturated heterocycles. The fourth-order valence-corrected chi connectivity index (χ4v) is 1.08. The summed E-state index contributed by atoms with van der Waals surface area (Å²) >= 11 is 0. The third-order valence-corrected chi connectivity index (χ3v) is 2.10. The minimum Gasteiger partial charge on any atom is -0.464 e. The van der Waals surface area contributed by atoms with E-state index in [9.17, 15) is 4.79 Å². The van der Waals surface area contributed by atoms with Gasteiger partial charge in [-0.2, -0.15) is 0 Å². The van der Waals surface area contributed by atoms with E-state index in [1.165, 1.54) is 0 Å². The first-order valence-electron chi connectivity index (χ1n) is 4.25. The third-order valence-electron chi connectivity index (χ3n) is 1.09. The van der Waals surface area contributed by atoms with Crippen LogP contribution in [-0.2, 0) is 14.0 Å². The van der Waals surface area contributed by atoms with Gasteiger partial charge in [0, 0.05) is 0 Å². The van der Waals surface area contributed by atoms with Crippen LogP contribution in [0.5, 0.6) is 0 Å². The van der Waals surface area contributed by atoms with Crippen molar-refractivity contribution in [2.24, 2.45) is 0 Å². The average molecular weight is 190 g/mol. The third kappa shape index (κ3) is 7.75. The van der Waals surface area contributed by atoms with Gasteiger partial charge in [0.1, 0.15) is 6.61 Å². The van der Waals surface area contributed by atoms with E-state index in [1.54, 1.807) is 0 Å². The van der Waals surface area contributed by atoms with Crippen LogP contribution in [0.2, 0.25) is 19.6 Å². The molecule has 0 rings (SSSR count). The first kappa shape index (κ1) is 11.6. The van der Waals surface area contributed by atoms with Crippen LogP contribution in [0.1, 0.15) is 13.3 Å². The fraction of sp³-hybridized carbons (Fsp3) is 0.875. The Kier molecular flexibility index (Phi) is 5.16. The summed E-state index contributed by atoms with van der Waals surface area (Å²) in [5, 5.41) is 0. The van der Waals surface area contributed by atoms with Crippen molar-refractivity contribution in [3.63, 3.8) is 0 Å². The SMILES string of the molecule is CCCOC(=O)CO[Si](C)(C)C. The van der Waals surface area contributed by atoms with E-state index in [0.29, 0.717) is 6.61 Å². The molecule has 0 bridgehead atoms. The highest BCUT2D eigenvalue weighted by Gasteiger charge is 2.16. The molecule has 0 aliphatic carbocycles. The number of hydrogen-bond acceptors (Lipinski definition) is 3. The molecule has 0 amide bonds. The van der Waals surface area contributed by atoms with E-state index >= 15 is 0 Å². The second kappa shape index (κ2) is 5.32. The lowest BCUT2D eigenvalue weighted by atomic mass is 10.5. The van der Waals surface area contributed by atoms with Gasteiger partial charge in [-0.05, 0) is 26.1 Å². The number of carbonyl (C=O) groups excluding carboxylic acids is 1. The summed E-state index contributed by atoms with van der Waals surface area (Å²) in [4.78, 5) is 10.9. The monoisotopic (exact) mass is 190 g/mol. The van der Waals surface area contributed by atoms with Crippen LogP contribution < -0.4 is 0 Å². The molecule has 72 valence electrons. The van der Waals surface area contributed by atoms with Crippen LogP contribution in [0.25, 0.3) is 0 Å². The zero-order valence-electron chi connectivity index (χ0n) is 8.35. The smallest absolute Gasteiger partial charge is 0.330 e. The second-order valence-electron chi connectivity index (χ2n) is 3.62. The number of esters is 1. The Balaban J connectivity index is 3.44. The molecule has 0 aliphatic rings. The molecule has 0 spiro atoms. The number of hydrogen-bond donors (Lipinski definition) is 0. The Morgan fingerprint density at radius 2 is 1.92 bits per heavy atom. The zero-order chi connectivity index (χ0) is 9.61. The molecule has 0 heterocycles. The van der Waals surface area contributed by atoms with E-state index in [2.05, 4.69) is 0 Å². The fourth-order valence-electron chi connectivity index (χ4n) is 0.533. The van der Waals surface area contributed by atoms with Crippen molar-refractivity contribution in [3.05, 3.63) is 0 Å². The van der Waals surface area contributed by atoms with E-state index in [4.69, 9.17) is 9.16 Å². The van der Waals surface area contributed by atoms with Gasteiger partial charge in [0.2, 0.25) is 0 Å². The summed E-state index contributed by atoms with van der Waals surface area (Å²) in [6.07, 6.45) is 0.860. The quantitative estimate of drug-likeness (QED) is 0.490. The van der Waals surface area contributed by atoms with E-state index in [0.717, 1.165) is 6.42 Å². The van der Waals surface area contributed by atoms with Gasteiger partial charge >= 0.3 is 5.97 Å². The van der Waals surface area contributed by atoms with Crippen LogP contribution in [0.15, 0.2) is 0 Å². The first-order valence-corrected chi connectivity index (χ1v) is 7.66. The molecule has 0 atom stereocenters. The van der Waals surface area contributed by atoms with Crippen LogP contribution in [-0.4, -0.2) is 27.5 Å². The summed E-state index contributed by atoms with van der Waals surface area (Å²) in [6, 6.07) is 0. The van der Waals surface area contributed by atoms with Crippen molar-refractivity contribution in [2.45, 2.75) is 33.0 Å². The molecule has 0 aromatic rings. The predicted molar refractivity (Wildman–Crippen MR) is 50.5 cm³/mol. The highest BCUT2D eigenvalue weighted by molar-refractivity contribution is 6.69. The molecule has 0 aromatic carbocycles. The lowest BCUT2D eigenvalue weighted by Crippen LogP contribution is -2.29. The maximum atomic E-state index is 10.9. The Morgan fingerprint density at radius 1 is 1.33 bits per heavy atom. The van der Waals surface area contributed by atoms with Gasteiger partial charge in [-0.1, -0.05) is 6.92 Å². The van der Waals surface area contributed by atoms with E-state index < -0.39 is 8.32 Å². The molecule has 0 fully saturated rings. The zero-order valence-corrected chi connectivity index (χ0v) is 9.35.